The number of rotatable bonds is 4. The lowest BCUT2D eigenvalue weighted by Crippen LogP contribution is -2.11. The number of esters is 1. The molecule has 0 aliphatic rings. The fourth-order valence-corrected chi connectivity index (χ4v) is 1.36. The highest BCUT2D eigenvalue weighted by Crippen LogP contribution is 2.17. The largest absolute Gasteiger partial charge is 0.462 e. The van der Waals surface area contributed by atoms with Gasteiger partial charge in [-0.3, -0.25) is 0 Å². The van der Waals surface area contributed by atoms with E-state index in [1.54, 1.807) is 36.4 Å². The second-order valence-corrected chi connectivity index (χ2v) is 3.98. The highest BCUT2D eigenvalue weighted by molar-refractivity contribution is 6.29. The van der Waals surface area contributed by atoms with E-state index in [9.17, 15) is 4.79 Å². The SMILES string of the molecule is CCOC(=O)C(=CN(C)C)c1ccc(Cl)nc1. The van der Waals surface area contributed by atoms with E-state index in [2.05, 4.69) is 4.98 Å². The summed E-state index contributed by atoms with van der Waals surface area (Å²) in [5.74, 6) is -0.370. The Labute approximate surface area is 106 Å². The smallest absolute Gasteiger partial charge is 0.340 e. The third-order valence-corrected chi connectivity index (χ3v) is 2.14. The number of carbonyl (C=O) groups is 1. The standard InChI is InChI=1S/C12H15ClN2O2/c1-4-17-12(16)10(8-15(2)3)9-5-6-11(13)14-7-9/h5-8H,4H2,1-3H3. The number of hydrogen-bond acceptors (Lipinski definition) is 4. The molecule has 0 amide bonds. The van der Waals surface area contributed by atoms with E-state index >= 15 is 0 Å². The van der Waals surface area contributed by atoms with Crippen LogP contribution in [-0.4, -0.2) is 36.6 Å². The van der Waals surface area contributed by atoms with Gasteiger partial charge in [0, 0.05) is 32.1 Å². The first-order valence-corrected chi connectivity index (χ1v) is 5.59. The van der Waals surface area contributed by atoms with Gasteiger partial charge in [-0.25, -0.2) is 9.78 Å². The predicted molar refractivity (Wildman–Crippen MR) is 67.5 cm³/mol. The zero-order valence-electron chi connectivity index (χ0n) is 10.1. The molecular formula is C12H15ClN2O2. The minimum absolute atomic E-state index is 0.338. The lowest BCUT2D eigenvalue weighted by molar-refractivity contribution is -0.136. The van der Waals surface area contributed by atoms with Crippen molar-refractivity contribution in [3.8, 4) is 0 Å². The Morgan fingerprint density at radius 1 is 1.53 bits per heavy atom. The molecule has 0 bridgehead atoms. The second-order valence-electron chi connectivity index (χ2n) is 3.60. The monoisotopic (exact) mass is 254 g/mol. The van der Waals surface area contributed by atoms with Crippen molar-refractivity contribution in [1.82, 2.24) is 9.88 Å². The van der Waals surface area contributed by atoms with Gasteiger partial charge in [-0.05, 0) is 19.1 Å². The van der Waals surface area contributed by atoms with Crippen LogP contribution in [0.25, 0.3) is 5.57 Å². The maximum Gasteiger partial charge on any atom is 0.340 e. The molecule has 0 unspecified atom stereocenters. The van der Waals surface area contributed by atoms with Crippen LogP contribution in [0.5, 0.6) is 0 Å². The minimum atomic E-state index is -0.370. The summed E-state index contributed by atoms with van der Waals surface area (Å²) >= 11 is 5.71. The minimum Gasteiger partial charge on any atom is -0.462 e. The average Bonchev–Trinajstić information content (AvgIpc) is 2.27. The number of carbonyl (C=O) groups excluding carboxylic acids is 1. The molecule has 0 fully saturated rings. The van der Waals surface area contributed by atoms with E-state index in [4.69, 9.17) is 16.3 Å². The van der Waals surface area contributed by atoms with Crippen molar-refractivity contribution in [2.75, 3.05) is 20.7 Å². The maximum atomic E-state index is 11.8. The summed E-state index contributed by atoms with van der Waals surface area (Å²) < 4.78 is 4.99. The van der Waals surface area contributed by atoms with Crippen molar-refractivity contribution in [2.45, 2.75) is 6.92 Å². The van der Waals surface area contributed by atoms with Crippen LogP contribution in [0.2, 0.25) is 5.15 Å². The summed E-state index contributed by atoms with van der Waals surface area (Å²) in [5.41, 5.74) is 1.14. The Kier molecular flexibility index (Phi) is 4.97. The molecule has 0 aliphatic heterocycles. The highest BCUT2D eigenvalue weighted by atomic mass is 35.5. The lowest BCUT2D eigenvalue weighted by atomic mass is 10.1. The van der Waals surface area contributed by atoms with Crippen molar-refractivity contribution in [1.29, 1.82) is 0 Å². The Hall–Kier alpha value is -1.55. The third kappa shape index (κ3) is 4.07. The van der Waals surface area contributed by atoms with Gasteiger partial charge in [-0.2, -0.15) is 0 Å². The zero-order valence-corrected chi connectivity index (χ0v) is 10.9. The molecular weight excluding hydrogens is 240 g/mol. The first-order chi connectivity index (χ1) is 8.04. The van der Waals surface area contributed by atoms with Gasteiger partial charge in [-0.1, -0.05) is 11.6 Å². The molecule has 0 aliphatic carbocycles. The average molecular weight is 255 g/mol. The van der Waals surface area contributed by atoms with E-state index in [0.717, 1.165) is 0 Å². The van der Waals surface area contributed by atoms with Crippen molar-refractivity contribution in [2.24, 2.45) is 0 Å². The van der Waals surface area contributed by atoms with Gasteiger partial charge in [0.2, 0.25) is 0 Å². The number of halogens is 1. The fourth-order valence-electron chi connectivity index (χ4n) is 1.25. The van der Waals surface area contributed by atoms with Crippen molar-refractivity contribution in [3.05, 3.63) is 35.2 Å². The van der Waals surface area contributed by atoms with Crippen molar-refractivity contribution < 1.29 is 9.53 Å². The zero-order chi connectivity index (χ0) is 12.8. The van der Waals surface area contributed by atoms with Crippen LogP contribution in [0.1, 0.15) is 12.5 Å². The lowest BCUT2D eigenvalue weighted by Gasteiger charge is -2.11. The maximum absolute atomic E-state index is 11.8. The molecule has 1 aromatic heterocycles. The quantitative estimate of drug-likeness (QED) is 0.469. The van der Waals surface area contributed by atoms with Crippen LogP contribution in [0.15, 0.2) is 24.5 Å². The Bertz CT molecular complexity index is 413. The van der Waals surface area contributed by atoms with E-state index in [1.807, 2.05) is 14.1 Å². The summed E-state index contributed by atoms with van der Waals surface area (Å²) in [6, 6.07) is 3.38. The van der Waals surface area contributed by atoms with Gasteiger partial charge in [-0.15, -0.1) is 0 Å². The van der Waals surface area contributed by atoms with Gasteiger partial charge in [0.05, 0.1) is 12.2 Å². The van der Waals surface area contributed by atoms with Crippen LogP contribution < -0.4 is 0 Å². The van der Waals surface area contributed by atoms with Gasteiger partial charge in [0.25, 0.3) is 0 Å². The number of pyridine rings is 1. The third-order valence-electron chi connectivity index (χ3n) is 1.92. The van der Waals surface area contributed by atoms with Crippen LogP contribution in [0.3, 0.4) is 0 Å². The van der Waals surface area contributed by atoms with E-state index < -0.39 is 0 Å². The second kappa shape index (κ2) is 6.25. The molecule has 0 aromatic carbocycles. The van der Waals surface area contributed by atoms with Crippen LogP contribution >= 0.6 is 11.6 Å². The molecule has 0 atom stereocenters. The van der Waals surface area contributed by atoms with Gasteiger partial charge in [0.1, 0.15) is 5.15 Å². The normalized spacial score (nSPS) is 11.2. The number of ether oxygens (including phenoxy) is 1. The molecule has 92 valence electrons. The van der Waals surface area contributed by atoms with Crippen molar-refractivity contribution >= 4 is 23.1 Å². The highest BCUT2D eigenvalue weighted by Gasteiger charge is 2.13. The van der Waals surface area contributed by atoms with Crippen LogP contribution in [0, 0.1) is 0 Å². The summed E-state index contributed by atoms with van der Waals surface area (Å²) in [4.78, 5) is 17.5. The summed E-state index contributed by atoms with van der Waals surface area (Å²) in [5, 5.41) is 0.391. The Morgan fingerprint density at radius 3 is 2.71 bits per heavy atom. The van der Waals surface area contributed by atoms with Gasteiger partial charge in [0.15, 0.2) is 0 Å². The molecule has 4 nitrogen and oxygen atoms in total. The molecule has 0 saturated heterocycles. The summed E-state index contributed by atoms with van der Waals surface area (Å²) in [6.07, 6.45) is 3.25. The molecule has 17 heavy (non-hydrogen) atoms. The molecule has 1 rings (SSSR count). The first kappa shape index (κ1) is 13.5. The Balaban J connectivity index is 3.06. The Morgan fingerprint density at radius 2 is 2.24 bits per heavy atom. The van der Waals surface area contributed by atoms with Gasteiger partial charge >= 0.3 is 5.97 Å². The molecule has 0 radical (unpaired) electrons. The molecule has 0 saturated carbocycles. The fraction of sp³-hybridized carbons (Fsp3) is 0.333. The van der Waals surface area contributed by atoms with E-state index in [0.29, 0.717) is 22.9 Å². The molecule has 0 N–H and O–H groups in total. The number of nitrogens with zero attached hydrogens (tertiary/aromatic N) is 2. The molecule has 0 spiro atoms. The first-order valence-electron chi connectivity index (χ1n) is 5.22. The summed E-state index contributed by atoms with van der Waals surface area (Å²) in [6.45, 7) is 2.11. The molecule has 1 heterocycles. The van der Waals surface area contributed by atoms with Crippen molar-refractivity contribution in [3.63, 3.8) is 0 Å². The number of hydrogen-bond donors (Lipinski definition) is 0. The van der Waals surface area contributed by atoms with Gasteiger partial charge < -0.3 is 9.64 Å². The van der Waals surface area contributed by atoms with E-state index in [1.165, 1.54) is 0 Å². The number of aromatic nitrogens is 1. The summed E-state index contributed by atoms with van der Waals surface area (Å²) in [7, 11) is 3.67. The van der Waals surface area contributed by atoms with E-state index in [-0.39, 0.29) is 5.97 Å². The predicted octanol–water partition coefficient (Wildman–Crippen LogP) is 2.20. The molecule has 1 aromatic rings. The van der Waals surface area contributed by atoms with Crippen LogP contribution in [-0.2, 0) is 9.53 Å². The molecule has 5 heteroatoms. The topological polar surface area (TPSA) is 42.4 Å². The van der Waals surface area contributed by atoms with Crippen LogP contribution in [0.4, 0.5) is 0 Å².